The molecule has 1 saturated heterocycles. The predicted octanol–water partition coefficient (Wildman–Crippen LogP) is -0.172. The first kappa shape index (κ1) is 11.1. The Morgan fingerprint density at radius 2 is 2.56 bits per heavy atom. The summed E-state index contributed by atoms with van der Waals surface area (Å²) in [6, 6.07) is 0. The first-order valence-electron chi connectivity index (χ1n) is 5.46. The summed E-state index contributed by atoms with van der Waals surface area (Å²) in [6.07, 6.45) is 2.62. The van der Waals surface area contributed by atoms with Gasteiger partial charge in [0, 0.05) is 20.1 Å². The fourth-order valence-corrected chi connectivity index (χ4v) is 2.15. The SMILES string of the molecule is CN1CCC(CN(C)C(=O)c2cn[nH]n2)C1. The average Bonchev–Trinajstić information content (AvgIpc) is 2.88. The lowest BCUT2D eigenvalue weighted by atomic mass is 10.1. The number of likely N-dealkylation sites (tertiary alicyclic amines) is 1. The molecule has 1 aromatic rings. The summed E-state index contributed by atoms with van der Waals surface area (Å²) >= 11 is 0. The molecule has 0 aliphatic carbocycles. The standard InChI is InChI=1S/C10H17N5O/c1-14-4-3-8(6-14)7-15(2)10(16)9-5-11-13-12-9/h5,8H,3-4,6-7H2,1-2H3,(H,11,12,13). The summed E-state index contributed by atoms with van der Waals surface area (Å²) in [6.45, 7) is 2.98. The Morgan fingerprint density at radius 1 is 1.75 bits per heavy atom. The van der Waals surface area contributed by atoms with Crippen LogP contribution in [-0.4, -0.2) is 64.8 Å². The van der Waals surface area contributed by atoms with Gasteiger partial charge in [-0.25, -0.2) is 0 Å². The van der Waals surface area contributed by atoms with Crippen LogP contribution in [0.4, 0.5) is 0 Å². The molecular weight excluding hydrogens is 206 g/mol. The molecule has 0 radical (unpaired) electrons. The lowest BCUT2D eigenvalue weighted by Gasteiger charge is -2.20. The highest BCUT2D eigenvalue weighted by Gasteiger charge is 2.23. The van der Waals surface area contributed by atoms with Gasteiger partial charge in [0.15, 0.2) is 5.69 Å². The van der Waals surface area contributed by atoms with E-state index >= 15 is 0 Å². The molecular formula is C10H17N5O. The Hall–Kier alpha value is -1.43. The zero-order valence-electron chi connectivity index (χ0n) is 9.68. The smallest absolute Gasteiger partial charge is 0.275 e. The number of aromatic amines is 1. The van der Waals surface area contributed by atoms with Crippen LogP contribution >= 0.6 is 0 Å². The van der Waals surface area contributed by atoms with Crippen molar-refractivity contribution in [2.24, 2.45) is 5.92 Å². The third-order valence-electron chi connectivity index (χ3n) is 3.00. The van der Waals surface area contributed by atoms with Gasteiger partial charge in [-0.15, -0.1) is 0 Å². The molecule has 0 saturated carbocycles. The van der Waals surface area contributed by atoms with Crippen LogP contribution < -0.4 is 0 Å². The fourth-order valence-electron chi connectivity index (χ4n) is 2.15. The molecule has 88 valence electrons. The Labute approximate surface area is 94.6 Å². The summed E-state index contributed by atoms with van der Waals surface area (Å²) in [5.74, 6) is 0.508. The summed E-state index contributed by atoms with van der Waals surface area (Å²) in [5, 5.41) is 9.88. The van der Waals surface area contributed by atoms with Crippen molar-refractivity contribution in [2.75, 3.05) is 33.7 Å². The molecule has 6 heteroatoms. The maximum atomic E-state index is 11.9. The van der Waals surface area contributed by atoms with Gasteiger partial charge in [-0.2, -0.15) is 15.4 Å². The molecule has 6 nitrogen and oxygen atoms in total. The highest BCUT2D eigenvalue weighted by Crippen LogP contribution is 2.15. The van der Waals surface area contributed by atoms with Crippen LogP contribution in [0.25, 0.3) is 0 Å². The zero-order chi connectivity index (χ0) is 11.5. The summed E-state index contributed by atoms with van der Waals surface area (Å²) in [7, 11) is 3.93. The maximum Gasteiger partial charge on any atom is 0.275 e. The molecule has 1 aliphatic heterocycles. The van der Waals surface area contributed by atoms with E-state index in [-0.39, 0.29) is 5.91 Å². The minimum Gasteiger partial charge on any atom is -0.340 e. The third kappa shape index (κ3) is 2.38. The van der Waals surface area contributed by atoms with Gasteiger partial charge in [0.05, 0.1) is 6.20 Å². The van der Waals surface area contributed by atoms with Crippen LogP contribution in [0.15, 0.2) is 6.20 Å². The number of hydrogen-bond acceptors (Lipinski definition) is 4. The largest absolute Gasteiger partial charge is 0.340 e. The van der Waals surface area contributed by atoms with Gasteiger partial charge in [-0.05, 0) is 25.9 Å². The van der Waals surface area contributed by atoms with E-state index < -0.39 is 0 Å². The monoisotopic (exact) mass is 223 g/mol. The summed E-state index contributed by atoms with van der Waals surface area (Å²) in [5.41, 5.74) is 0.383. The van der Waals surface area contributed by atoms with Crippen LogP contribution in [0.1, 0.15) is 16.9 Å². The van der Waals surface area contributed by atoms with Crippen LogP contribution in [0.5, 0.6) is 0 Å². The highest BCUT2D eigenvalue weighted by molar-refractivity contribution is 5.91. The average molecular weight is 223 g/mol. The maximum absolute atomic E-state index is 11.9. The number of hydrogen-bond donors (Lipinski definition) is 1. The van der Waals surface area contributed by atoms with Gasteiger partial charge < -0.3 is 9.80 Å². The predicted molar refractivity (Wildman–Crippen MR) is 58.9 cm³/mol. The van der Waals surface area contributed by atoms with E-state index in [2.05, 4.69) is 27.4 Å². The van der Waals surface area contributed by atoms with E-state index in [0.717, 1.165) is 26.1 Å². The van der Waals surface area contributed by atoms with Crippen molar-refractivity contribution in [3.05, 3.63) is 11.9 Å². The van der Waals surface area contributed by atoms with E-state index in [0.29, 0.717) is 11.6 Å². The first-order chi connectivity index (χ1) is 7.66. The molecule has 0 bridgehead atoms. The number of nitrogens with one attached hydrogen (secondary N) is 1. The number of nitrogens with zero attached hydrogens (tertiary/aromatic N) is 4. The minimum absolute atomic E-state index is 0.0664. The van der Waals surface area contributed by atoms with Gasteiger partial charge in [0.1, 0.15) is 0 Å². The highest BCUT2D eigenvalue weighted by atomic mass is 16.2. The Bertz CT molecular complexity index is 350. The summed E-state index contributed by atoms with van der Waals surface area (Å²) in [4.78, 5) is 15.9. The van der Waals surface area contributed by atoms with E-state index in [1.165, 1.54) is 6.20 Å². The molecule has 2 heterocycles. The number of carbonyl (C=O) groups is 1. The molecule has 1 atom stereocenters. The van der Waals surface area contributed by atoms with E-state index in [1.807, 2.05) is 7.05 Å². The van der Waals surface area contributed by atoms with Gasteiger partial charge >= 0.3 is 0 Å². The van der Waals surface area contributed by atoms with Crippen molar-refractivity contribution in [1.82, 2.24) is 25.2 Å². The van der Waals surface area contributed by atoms with E-state index in [1.54, 1.807) is 4.90 Å². The summed E-state index contributed by atoms with van der Waals surface area (Å²) < 4.78 is 0. The third-order valence-corrected chi connectivity index (χ3v) is 3.00. The normalized spacial score (nSPS) is 21.2. The minimum atomic E-state index is -0.0664. The van der Waals surface area contributed by atoms with Gasteiger partial charge in [0.2, 0.25) is 0 Å². The second-order valence-corrected chi connectivity index (χ2v) is 4.46. The number of amides is 1. The molecule has 1 fully saturated rings. The number of carbonyl (C=O) groups excluding carboxylic acids is 1. The molecule has 0 aromatic carbocycles. The van der Waals surface area contributed by atoms with Crippen molar-refractivity contribution in [3.8, 4) is 0 Å². The quantitative estimate of drug-likeness (QED) is 0.772. The molecule has 1 unspecified atom stereocenters. The molecule has 1 N–H and O–H groups in total. The van der Waals surface area contributed by atoms with Crippen molar-refractivity contribution >= 4 is 5.91 Å². The molecule has 0 spiro atoms. The molecule has 16 heavy (non-hydrogen) atoms. The molecule has 2 rings (SSSR count). The molecule has 1 amide bonds. The van der Waals surface area contributed by atoms with Crippen LogP contribution in [0.2, 0.25) is 0 Å². The van der Waals surface area contributed by atoms with E-state index in [4.69, 9.17) is 0 Å². The Morgan fingerprint density at radius 3 is 3.12 bits per heavy atom. The fraction of sp³-hybridized carbons (Fsp3) is 0.700. The second kappa shape index (κ2) is 4.61. The van der Waals surface area contributed by atoms with Crippen molar-refractivity contribution in [2.45, 2.75) is 6.42 Å². The second-order valence-electron chi connectivity index (χ2n) is 4.46. The van der Waals surface area contributed by atoms with Crippen molar-refractivity contribution in [3.63, 3.8) is 0 Å². The number of rotatable bonds is 3. The Kier molecular flexibility index (Phi) is 3.19. The van der Waals surface area contributed by atoms with E-state index in [9.17, 15) is 4.79 Å². The number of H-pyrrole nitrogens is 1. The van der Waals surface area contributed by atoms with Crippen LogP contribution in [0.3, 0.4) is 0 Å². The van der Waals surface area contributed by atoms with Gasteiger partial charge in [-0.1, -0.05) is 0 Å². The Balaban J connectivity index is 1.88. The van der Waals surface area contributed by atoms with Crippen molar-refractivity contribution in [1.29, 1.82) is 0 Å². The molecule has 1 aromatic heterocycles. The first-order valence-corrected chi connectivity index (χ1v) is 5.46. The topological polar surface area (TPSA) is 65.1 Å². The molecule has 1 aliphatic rings. The van der Waals surface area contributed by atoms with Gasteiger partial charge in [0.25, 0.3) is 5.91 Å². The zero-order valence-corrected chi connectivity index (χ0v) is 9.68. The van der Waals surface area contributed by atoms with Crippen molar-refractivity contribution < 1.29 is 4.79 Å². The van der Waals surface area contributed by atoms with Gasteiger partial charge in [-0.3, -0.25) is 4.79 Å². The van der Waals surface area contributed by atoms with Crippen LogP contribution in [0, 0.1) is 5.92 Å². The number of aromatic nitrogens is 3. The lowest BCUT2D eigenvalue weighted by Crippen LogP contribution is -2.33. The van der Waals surface area contributed by atoms with Crippen LogP contribution in [-0.2, 0) is 0 Å². The lowest BCUT2D eigenvalue weighted by molar-refractivity contribution is 0.0768.